The molecule has 1 unspecified atom stereocenters. The molecule has 1 atom stereocenters. The first-order valence-corrected chi connectivity index (χ1v) is 9.02. The Labute approximate surface area is 158 Å². The smallest absolute Gasteiger partial charge is 0.231 e. The number of hydrogen-bond donors (Lipinski definition) is 1. The number of fused-ring (bicyclic) bond motifs is 1. The Morgan fingerprint density at radius 1 is 1.35 bits per heavy atom. The quantitative estimate of drug-likeness (QED) is 0.859. The topological polar surface area (TPSA) is 50.8 Å². The van der Waals surface area contributed by atoms with Gasteiger partial charge >= 0.3 is 0 Å². The second-order valence-corrected chi connectivity index (χ2v) is 6.84. The van der Waals surface area contributed by atoms with Crippen LogP contribution in [-0.2, 0) is 11.2 Å². The number of hydrogen-bond acceptors (Lipinski definition) is 4. The summed E-state index contributed by atoms with van der Waals surface area (Å²) in [5.41, 5.74) is 2.47. The van der Waals surface area contributed by atoms with Crippen molar-refractivity contribution in [2.75, 3.05) is 37.5 Å². The minimum Gasteiger partial charge on any atom is -0.494 e. The minimum absolute atomic E-state index is 0.0807. The van der Waals surface area contributed by atoms with Crippen molar-refractivity contribution in [3.63, 3.8) is 0 Å². The Balaban J connectivity index is 1.76. The lowest BCUT2D eigenvalue weighted by Gasteiger charge is -2.26. The predicted molar refractivity (Wildman–Crippen MR) is 105 cm³/mol. The number of amides is 1. The predicted octanol–water partition coefficient (Wildman–Crippen LogP) is 3.99. The molecule has 1 amide bonds. The monoisotopic (exact) mass is 374 g/mol. The van der Waals surface area contributed by atoms with E-state index in [2.05, 4.69) is 5.32 Å². The molecule has 2 aromatic carbocycles. The summed E-state index contributed by atoms with van der Waals surface area (Å²) in [6.45, 7) is 2.90. The van der Waals surface area contributed by atoms with Gasteiger partial charge in [-0.1, -0.05) is 17.7 Å². The minimum atomic E-state index is -0.270. The Hall–Kier alpha value is -2.40. The van der Waals surface area contributed by atoms with Crippen molar-refractivity contribution in [3.05, 3.63) is 47.0 Å². The number of halogens is 1. The average Bonchev–Trinajstić information content (AvgIpc) is 2.61. The van der Waals surface area contributed by atoms with Crippen LogP contribution in [0.25, 0.3) is 0 Å². The zero-order valence-electron chi connectivity index (χ0n) is 15.2. The Morgan fingerprint density at radius 3 is 2.88 bits per heavy atom. The largest absolute Gasteiger partial charge is 0.494 e. The van der Waals surface area contributed by atoms with E-state index in [1.165, 1.54) is 0 Å². The third kappa shape index (κ3) is 3.88. The number of carbonyl (C=O) groups is 1. The summed E-state index contributed by atoms with van der Waals surface area (Å²) in [5.74, 6) is 1.26. The van der Waals surface area contributed by atoms with E-state index >= 15 is 0 Å². The fourth-order valence-electron chi connectivity index (χ4n) is 3.10. The van der Waals surface area contributed by atoms with Crippen LogP contribution in [0.1, 0.15) is 12.5 Å². The summed E-state index contributed by atoms with van der Waals surface area (Å²) in [5, 5.41) is 3.59. The molecule has 2 aromatic rings. The highest BCUT2D eigenvalue weighted by Gasteiger charge is 2.27. The highest BCUT2D eigenvalue weighted by molar-refractivity contribution is 6.34. The lowest BCUT2D eigenvalue weighted by molar-refractivity contribution is -0.121. The first-order valence-electron chi connectivity index (χ1n) is 8.64. The number of rotatable bonds is 5. The van der Waals surface area contributed by atoms with Gasteiger partial charge in [0.2, 0.25) is 5.91 Å². The standard InChI is InChI=1S/C20H23ClN2O3/c1-4-25-15-8-9-18-13(11-15)10-14(12-26-18)20(24)22-17-7-5-6-16(21)19(17)23(2)3/h5-9,11,14H,4,10,12H2,1-3H3,(H,22,24). The fourth-order valence-corrected chi connectivity index (χ4v) is 3.44. The van der Waals surface area contributed by atoms with Crippen molar-refractivity contribution in [2.24, 2.45) is 5.92 Å². The summed E-state index contributed by atoms with van der Waals surface area (Å²) in [7, 11) is 3.79. The van der Waals surface area contributed by atoms with Crippen LogP contribution in [0, 0.1) is 5.92 Å². The highest BCUT2D eigenvalue weighted by atomic mass is 35.5. The van der Waals surface area contributed by atoms with Crippen LogP contribution in [0.15, 0.2) is 36.4 Å². The van der Waals surface area contributed by atoms with E-state index in [1.807, 2.05) is 62.3 Å². The maximum Gasteiger partial charge on any atom is 0.231 e. The molecule has 3 rings (SSSR count). The van der Waals surface area contributed by atoms with E-state index in [4.69, 9.17) is 21.1 Å². The van der Waals surface area contributed by atoms with Crippen LogP contribution in [0.3, 0.4) is 0 Å². The Bertz CT molecular complexity index is 808. The number of nitrogens with zero attached hydrogens (tertiary/aromatic N) is 1. The number of ether oxygens (including phenoxy) is 2. The second-order valence-electron chi connectivity index (χ2n) is 6.43. The molecule has 0 aromatic heterocycles. The Kier molecular flexibility index (Phi) is 5.57. The van der Waals surface area contributed by atoms with Crippen LogP contribution in [-0.4, -0.2) is 33.2 Å². The molecule has 1 N–H and O–H groups in total. The third-order valence-corrected chi connectivity index (χ3v) is 4.62. The molecule has 0 fully saturated rings. The van der Waals surface area contributed by atoms with E-state index in [9.17, 15) is 4.79 Å². The van der Waals surface area contributed by atoms with Gasteiger partial charge in [0.05, 0.1) is 28.9 Å². The van der Waals surface area contributed by atoms with Crippen molar-refractivity contribution in [2.45, 2.75) is 13.3 Å². The lowest BCUT2D eigenvalue weighted by atomic mass is 9.95. The molecule has 0 aliphatic carbocycles. The maximum absolute atomic E-state index is 12.8. The van der Waals surface area contributed by atoms with E-state index in [0.717, 1.165) is 22.7 Å². The number of para-hydroxylation sites is 1. The van der Waals surface area contributed by atoms with E-state index in [1.54, 1.807) is 0 Å². The van der Waals surface area contributed by atoms with Gasteiger partial charge in [0.1, 0.15) is 18.1 Å². The molecule has 1 aliphatic rings. The molecule has 0 saturated heterocycles. The molecule has 1 heterocycles. The van der Waals surface area contributed by atoms with Crippen molar-refractivity contribution >= 4 is 28.9 Å². The lowest BCUT2D eigenvalue weighted by Crippen LogP contribution is -2.33. The second kappa shape index (κ2) is 7.87. The number of anilines is 2. The zero-order valence-corrected chi connectivity index (χ0v) is 16.0. The van der Waals surface area contributed by atoms with Crippen molar-refractivity contribution in [1.82, 2.24) is 0 Å². The summed E-state index contributed by atoms with van der Waals surface area (Å²) < 4.78 is 11.3. The van der Waals surface area contributed by atoms with Gasteiger partial charge in [-0.15, -0.1) is 0 Å². The first kappa shape index (κ1) is 18.4. The molecule has 5 nitrogen and oxygen atoms in total. The highest BCUT2D eigenvalue weighted by Crippen LogP contribution is 2.34. The normalized spacial score (nSPS) is 15.6. The van der Waals surface area contributed by atoms with Crippen LogP contribution in [0.2, 0.25) is 5.02 Å². The SMILES string of the molecule is CCOc1ccc2c(c1)CC(C(=O)Nc1cccc(Cl)c1N(C)C)CO2. The maximum atomic E-state index is 12.8. The van der Waals surface area contributed by atoms with Crippen LogP contribution >= 0.6 is 11.6 Å². The molecule has 138 valence electrons. The van der Waals surface area contributed by atoms with Gasteiger partial charge in [-0.2, -0.15) is 0 Å². The third-order valence-electron chi connectivity index (χ3n) is 4.31. The molecule has 26 heavy (non-hydrogen) atoms. The summed E-state index contributed by atoms with van der Waals surface area (Å²) >= 11 is 6.28. The van der Waals surface area contributed by atoms with Crippen LogP contribution < -0.4 is 19.7 Å². The van der Waals surface area contributed by atoms with Crippen molar-refractivity contribution in [3.8, 4) is 11.5 Å². The molecule has 1 aliphatic heterocycles. The molecule has 0 bridgehead atoms. The van der Waals surface area contributed by atoms with E-state index < -0.39 is 0 Å². The summed E-state index contributed by atoms with van der Waals surface area (Å²) in [6.07, 6.45) is 0.611. The number of carbonyl (C=O) groups excluding carboxylic acids is 1. The van der Waals surface area contributed by atoms with Crippen LogP contribution in [0.4, 0.5) is 11.4 Å². The van der Waals surface area contributed by atoms with Crippen molar-refractivity contribution in [1.29, 1.82) is 0 Å². The van der Waals surface area contributed by atoms with Gasteiger partial charge in [0.25, 0.3) is 0 Å². The molecule has 0 spiro atoms. The van der Waals surface area contributed by atoms with E-state index in [-0.39, 0.29) is 11.8 Å². The molecule has 0 saturated carbocycles. The van der Waals surface area contributed by atoms with Crippen LogP contribution in [0.5, 0.6) is 11.5 Å². The van der Waals surface area contributed by atoms with Gasteiger partial charge in [0, 0.05) is 14.1 Å². The zero-order chi connectivity index (χ0) is 18.7. The fraction of sp³-hybridized carbons (Fsp3) is 0.350. The molecule has 6 heteroatoms. The summed E-state index contributed by atoms with van der Waals surface area (Å²) in [6, 6.07) is 11.2. The summed E-state index contributed by atoms with van der Waals surface area (Å²) in [4.78, 5) is 14.7. The molecule has 0 radical (unpaired) electrons. The molecular weight excluding hydrogens is 352 g/mol. The average molecular weight is 375 g/mol. The van der Waals surface area contributed by atoms with Crippen molar-refractivity contribution < 1.29 is 14.3 Å². The Morgan fingerprint density at radius 2 is 2.15 bits per heavy atom. The number of benzene rings is 2. The molecular formula is C20H23ClN2O3. The number of nitrogens with one attached hydrogen (secondary N) is 1. The van der Waals surface area contributed by atoms with Gasteiger partial charge in [-0.3, -0.25) is 4.79 Å². The van der Waals surface area contributed by atoms with Gasteiger partial charge in [0.15, 0.2) is 0 Å². The van der Waals surface area contributed by atoms with E-state index in [0.29, 0.717) is 30.3 Å². The van der Waals surface area contributed by atoms with Gasteiger partial charge in [-0.05, 0) is 49.2 Å². The first-order chi connectivity index (χ1) is 12.5. The van der Waals surface area contributed by atoms with Gasteiger partial charge < -0.3 is 19.7 Å². The van der Waals surface area contributed by atoms with Gasteiger partial charge in [-0.25, -0.2) is 0 Å².